The number of amides is 1. The lowest BCUT2D eigenvalue weighted by Gasteiger charge is -2.08. The molecule has 0 radical (unpaired) electrons. The molecule has 0 atom stereocenters. The van der Waals surface area contributed by atoms with E-state index in [9.17, 15) is 4.79 Å². The lowest BCUT2D eigenvalue weighted by molar-refractivity contribution is -0.112. The maximum atomic E-state index is 12.4. The first-order valence-corrected chi connectivity index (χ1v) is 6.80. The van der Waals surface area contributed by atoms with Crippen LogP contribution >= 0.6 is 11.6 Å². The molecule has 0 bridgehead atoms. The fraction of sp³-hybridized carbons (Fsp3) is 0.118. The lowest BCUT2D eigenvalue weighted by atomic mass is 10.0. The van der Waals surface area contributed by atoms with Crippen molar-refractivity contribution in [3.63, 3.8) is 0 Å². The van der Waals surface area contributed by atoms with Crippen LogP contribution in [0, 0.1) is 6.92 Å². The summed E-state index contributed by atoms with van der Waals surface area (Å²) in [4.78, 5) is 14.1. The Morgan fingerprint density at radius 1 is 1.10 bits per heavy atom. The van der Waals surface area contributed by atoms with Gasteiger partial charge in [-0.25, -0.2) is 0 Å². The predicted octanol–water partition coefficient (Wildman–Crippen LogP) is 4.17. The Bertz CT molecular complexity index is 716. The Labute approximate surface area is 123 Å². The Balaban J connectivity index is 2.13. The van der Waals surface area contributed by atoms with Gasteiger partial charge in [-0.15, -0.1) is 0 Å². The van der Waals surface area contributed by atoms with Crippen molar-refractivity contribution in [2.24, 2.45) is 0 Å². The molecule has 1 aliphatic rings. The molecular weight excluding hydrogens is 270 g/mol. The summed E-state index contributed by atoms with van der Waals surface area (Å²) < 4.78 is 0. The van der Waals surface area contributed by atoms with Crippen LogP contribution in [0.4, 0.5) is 5.69 Å². The van der Waals surface area contributed by atoms with Crippen LogP contribution in [0.5, 0.6) is 0 Å². The number of aryl methyl sites for hydroxylation is 1. The molecule has 1 heterocycles. The van der Waals surface area contributed by atoms with Crippen LogP contribution in [-0.4, -0.2) is 13.0 Å². The maximum Gasteiger partial charge on any atom is 0.258 e. The third-order valence-electron chi connectivity index (χ3n) is 3.52. The quantitative estimate of drug-likeness (QED) is 0.720. The molecule has 2 nitrogen and oxygen atoms in total. The number of benzene rings is 2. The summed E-state index contributed by atoms with van der Waals surface area (Å²) in [6.07, 6.45) is 1.92. The van der Waals surface area contributed by atoms with E-state index in [0.717, 1.165) is 28.0 Å². The highest BCUT2D eigenvalue weighted by molar-refractivity contribution is 6.35. The monoisotopic (exact) mass is 283 g/mol. The van der Waals surface area contributed by atoms with E-state index in [4.69, 9.17) is 11.6 Å². The summed E-state index contributed by atoms with van der Waals surface area (Å²) in [6, 6.07) is 13.5. The summed E-state index contributed by atoms with van der Waals surface area (Å²) in [5.74, 6) is 0.0283. The number of carbonyl (C=O) groups excluding carboxylic acids is 1. The van der Waals surface area contributed by atoms with Crippen LogP contribution < -0.4 is 4.90 Å². The zero-order valence-electron chi connectivity index (χ0n) is 11.4. The van der Waals surface area contributed by atoms with Gasteiger partial charge in [-0.1, -0.05) is 35.4 Å². The van der Waals surface area contributed by atoms with Crippen LogP contribution in [0.3, 0.4) is 0 Å². The van der Waals surface area contributed by atoms with Gasteiger partial charge in [-0.05, 0) is 42.8 Å². The van der Waals surface area contributed by atoms with Gasteiger partial charge in [0, 0.05) is 23.2 Å². The summed E-state index contributed by atoms with van der Waals surface area (Å²) in [5, 5.41) is 0.693. The fourth-order valence-electron chi connectivity index (χ4n) is 2.43. The third-order valence-corrected chi connectivity index (χ3v) is 3.77. The molecule has 100 valence electrons. The second-order valence-corrected chi connectivity index (χ2v) is 5.43. The van der Waals surface area contributed by atoms with Gasteiger partial charge < -0.3 is 4.90 Å². The Morgan fingerprint density at radius 2 is 1.80 bits per heavy atom. The van der Waals surface area contributed by atoms with Crippen LogP contribution in [0.25, 0.3) is 11.6 Å². The summed E-state index contributed by atoms with van der Waals surface area (Å²) >= 11 is 5.89. The third kappa shape index (κ3) is 2.12. The van der Waals surface area contributed by atoms with Gasteiger partial charge in [-0.2, -0.15) is 0 Å². The van der Waals surface area contributed by atoms with Crippen molar-refractivity contribution in [3.05, 3.63) is 64.2 Å². The lowest BCUT2D eigenvalue weighted by Crippen LogP contribution is -2.20. The molecular formula is C17H14ClNO. The van der Waals surface area contributed by atoms with Gasteiger partial charge in [0.15, 0.2) is 0 Å². The molecule has 1 aliphatic heterocycles. The minimum absolute atomic E-state index is 0.0283. The average Bonchev–Trinajstić information content (AvgIpc) is 2.66. The number of anilines is 1. The molecule has 0 spiro atoms. The zero-order chi connectivity index (χ0) is 14.3. The van der Waals surface area contributed by atoms with Gasteiger partial charge in [0.05, 0.1) is 5.69 Å². The largest absolute Gasteiger partial charge is 0.311 e. The zero-order valence-corrected chi connectivity index (χ0v) is 12.1. The number of carbonyl (C=O) groups is 1. The number of fused-ring (bicyclic) bond motifs is 1. The van der Waals surface area contributed by atoms with Crippen molar-refractivity contribution in [2.45, 2.75) is 6.92 Å². The van der Waals surface area contributed by atoms with Crippen molar-refractivity contribution < 1.29 is 4.79 Å². The van der Waals surface area contributed by atoms with Crippen molar-refractivity contribution in [2.75, 3.05) is 11.9 Å². The summed E-state index contributed by atoms with van der Waals surface area (Å²) in [6.45, 7) is 2.03. The normalized spacial score (nSPS) is 15.8. The van der Waals surface area contributed by atoms with E-state index < -0.39 is 0 Å². The minimum atomic E-state index is 0.0283. The molecule has 0 saturated heterocycles. The van der Waals surface area contributed by atoms with E-state index in [-0.39, 0.29) is 5.91 Å². The predicted molar refractivity (Wildman–Crippen MR) is 83.9 cm³/mol. The fourth-order valence-corrected chi connectivity index (χ4v) is 2.55. The topological polar surface area (TPSA) is 20.3 Å². The minimum Gasteiger partial charge on any atom is -0.311 e. The molecule has 0 saturated carbocycles. The number of hydrogen-bond donors (Lipinski definition) is 0. The van der Waals surface area contributed by atoms with E-state index in [0.29, 0.717) is 5.02 Å². The van der Waals surface area contributed by atoms with Gasteiger partial charge in [0.2, 0.25) is 0 Å². The highest BCUT2D eigenvalue weighted by Gasteiger charge is 2.29. The molecule has 0 aliphatic carbocycles. The molecule has 0 aromatic heterocycles. The molecule has 0 fully saturated rings. The van der Waals surface area contributed by atoms with Crippen LogP contribution in [-0.2, 0) is 4.79 Å². The first kappa shape index (κ1) is 12.9. The molecule has 0 unspecified atom stereocenters. The second kappa shape index (κ2) is 4.80. The van der Waals surface area contributed by atoms with Crippen molar-refractivity contribution in [3.8, 4) is 0 Å². The summed E-state index contributed by atoms with van der Waals surface area (Å²) in [5.41, 5.74) is 4.80. The van der Waals surface area contributed by atoms with Gasteiger partial charge in [-0.3, -0.25) is 4.79 Å². The molecule has 0 N–H and O–H groups in total. The van der Waals surface area contributed by atoms with E-state index in [1.807, 2.05) is 49.4 Å². The Morgan fingerprint density at radius 3 is 2.50 bits per heavy atom. The molecule has 3 heteroatoms. The smallest absolute Gasteiger partial charge is 0.258 e. The molecule has 2 aromatic rings. The molecule has 3 rings (SSSR count). The van der Waals surface area contributed by atoms with E-state index in [1.54, 1.807) is 11.9 Å². The van der Waals surface area contributed by atoms with Crippen molar-refractivity contribution in [1.82, 2.24) is 0 Å². The summed E-state index contributed by atoms with van der Waals surface area (Å²) in [7, 11) is 1.80. The van der Waals surface area contributed by atoms with Crippen LogP contribution in [0.1, 0.15) is 16.7 Å². The van der Waals surface area contributed by atoms with Crippen LogP contribution in [0.15, 0.2) is 42.5 Å². The SMILES string of the molecule is Cc1ccc2c(c1)/C(=C/c1ccc(Cl)cc1)C(=O)N2C. The van der Waals surface area contributed by atoms with E-state index in [1.165, 1.54) is 0 Å². The first-order chi connectivity index (χ1) is 9.56. The number of halogens is 1. The number of hydrogen-bond acceptors (Lipinski definition) is 1. The standard InChI is InChI=1S/C17H14ClNO/c1-11-3-8-16-14(9-11)15(17(20)19(16)2)10-12-4-6-13(18)7-5-12/h3-10H,1-2H3/b15-10-. The van der Waals surface area contributed by atoms with E-state index in [2.05, 4.69) is 6.07 Å². The molecule has 20 heavy (non-hydrogen) atoms. The number of likely N-dealkylation sites (N-methyl/N-ethyl adjacent to an activating group) is 1. The highest BCUT2D eigenvalue weighted by Crippen LogP contribution is 2.37. The average molecular weight is 284 g/mol. The molecule has 2 aromatic carbocycles. The maximum absolute atomic E-state index is 12.4. The first-order valence-electron chi connectivity index (χ1n) is 6.42. The molecule has 1 amide bonds. The van der Waals surface area contributed by atoms with Crippen molar-refractivity contribution in [1.29, 1.82) is 0 Å². The second-order valence-electron chi connectivity index (χ2n) is 4.99. The number of nitrogens with zero attached hydrogens (tertiary/aromatic N) is 1. The van der Waals surface area contributed by atoms with E-state index >= 15 is 0 Å². The number of rotatable bonds is 1. The highest BCUT2D eigenvalue weighted by atomic mass is 35.5. The van der Waals surface area contributed by atoms with Crippen molar-refractivity contribution >= 4 is 34.8 Å². The Hall–Kier alpha value is -2.06. The van der Waals surface area contributed by atoms with Gasteiger partial charge in [0.1, 0.15) is 0 Å². The Kier molecular flexibility index (Phi) is 3.11. The van der Waals surface area contributed by atoms with Crippen LogP contribution in [0.2, 0.25) is 5.02 Å². The van der Waals surface area contributed by atoms with Gasteiger partial charge in [0.25, 0.3) is 5.91 Å². The van der Waals surface area contributed by atoms with Gasteiger partial charge >= 0.3 is 0 Å².